The van der Waals surface area contributed by atoms with Crippen molar-refractivity contribution in [3.05, 3.63) is 57.6 Å². The lowest BCUT2D eigenvalue weighted by Gasteiger charge is -2.34. The Bertz CT molecular complexity index is 1030. The quantitative estimate of drug-likeness (QED) is 0.603. The van der Waals surface area contributed by atoms with E-state index in [1.807, 2.05) is 24.3 Å². The van der Waals surface area contributed by atoms with Gasteiger partial charge in [0.15, 0.2) is 5.13 Å². The predicted molar refractivity (Wildman–Crippen MR) is 124 cm³/mol. The van der Waals surface area contributed by atoms with Gasteiger partial charge in [-0.15, -0.1) is 0 Å². The van der Waals surface area contributed by atoms with E-state index in [9.17, 15) is 4.79 Å². The minimum absolute atomic E-state index is 0.0231. The van der Waals surface area contributed by atoms with Crippen molar-refractivity contribution in [2.45, 2.75) is 13.8 Å². The number of piperazine rings is 1. The maximum absolute atomic E-state index is 12.2. The van der Waals surface area contributed by atoms with Gasteiger partial charge in [0.1, 0.15) is 0 Å². The largest absolute Gasteiger partial charge is 0.351 e. The second-order valence-electron chi connectivity index (χ2n) is 7.45. The van der Waals surface area contributed by atoms with Crippen molar-refractivity contribution < 1.29 is 4.79 Å². The molecule has 0 aliphatic carbocycles. The molecule has 0 atom stereocenters. The number of carbonyl (C=O) groups is 1. The third-order valence-electron chi connectivity index (χ3n) is 5.52. The summed E-state index contributed by atoms with van der Waals surface area (Å²) in [6, 6.07) is 11.8. The van der Waals surface area contributed by atoms with Crippen molar-refractivity contribution in [1.29, 1.82) is 0 Å². The minimum atomic E-state index is -0.0231. The van der Waals surface area contributed by atoms with E-state index >= 15 is 0 Å². The molecular formula is C22H25BrN4OS. The third kappa shape index (κ3) is 4.63. The molecule has 1 aromatic heterocycles. The Morgan fingerprint density at radius 1 is 1.17 bits per heavy atom. The number of aromatic nitrogens is 1. The van der Waals surface area contributed by atoms with E-state index in [0.717, 1.165) is 47.8 Å². The number of rotatable bonds is 5. The van der Waals surface area contributed by atoms with Crippen LogP contribution in [0.5, 0.6) is 0 Å². The van der Waals surface area contributed by atoms with Gasteiger partial charge in [0.25, 0.3) is 5.91 Å². The molecule has 1 saturated heterocycles. The van der Waals surface area contributed by atoms with Crippen LogP contribution in [0.2, 0.25) is 0 Å². The third-order valence-corrected chi connectivity index (χ3v) is 7.09. The number of anilines is 1. The van der Waals surface area contributed by atoms with Crippen molar-refractivity contribution in [3.63, 3.8) is 0 Å². The summed E-state index contributed by atoms with van der Waals surface area (Å²) in [5.41, 5.74) is 4.40. The van der Waals surface area contributed by atoms with E-state index < -0.39 is 0 Å². The Labute approximate surface area is 183 Å². The van der Waals surface area contributed by atoms with Gasteiger partial charge in [0.2, 0.25) is 0 Å². The second-order valence-corrected chi connectivity index (χ2v) is 9.37. The highest BCUT2D eigenvalue weighted by molar-refractivity contribution is 9.10. The van der Waals surface area contributed by atoms with Crippen molar-refractivity contribution in [2.24, 2.45) is 0 Å². The molecule has 0 saturated carbocycles. The maximum atomic E-state index is 12.2. The summed E-state index contributed by atoms with van der Waals surface area (Å²) in [4.78, 5) is 21.9. The molecule has 2 heterocycles. The van der Waals surface area contributed by atoms with Crippen LogP contribution in [0.25, 0.3) is 10.2 Å². The second kappa shape index (κ2) is 8.81. The number of hydrogen-bond donors (Lipinski definition) is 1. The normalized spacial score (nSPS) is 15.1. The first-order valence-corrected chi connectivity index (χ1v) is 11.5. The maximum Gasteiger partial charge on any atom is 0.251 e. The van der Waals surface area contributed by atoms with Crippen LogP contribution >= 0.6 is 27.3 Å². The van der Waals surface area contributed by atoms with Crippen LogP contribution in [0.1, 0.15) is 21.5 Å². The number of hydrogen-bond acceptors (Lipinski definition) is 5. The van der Waals surface area contributed by atoms with Crippen LogP contribution in [-0.2, 0) is 0 Å². The van der Waals surface area contributed by atoms with Crippen molar-refractivity contribution in [1.82, 2.24) is 15.2 Å². The van der Waals surface area contributed by atoms with Crippen LogP contribution in [0, 0.1) is 13.8 Å². The Balaban J connectivity index is 1.27. The highest BCUT2D eigenvalue weighted by atomic mass is 79.9. The molecule has 1 aliphatic rings. The van der Waals surface area contributed by atoms with Gasteiger partial charge >= 0.3 is 0 Å². The number of aryl methyl sites for hydroxylation is 2. The molecule has 7 heteroatoms. The lowest BCUT2D eigenvalue weighted by molar-refractivity contribution is 0.0947. The van der Waals surface area contributed by atoms with Crippen molar-refractivity contribution in [3.8, 4) is 0 Å². The topological polar surface area (TPSA) is 48.5 Å². The number of benzene rings is 2. The minimum Gasteiger partial charge on any atom is -0.351 e. The number of nitrogens with one attached hydrogen (secondary N) is 1. The fourth-order valence-corrected chi connectivity index (χ4v) is 5.05. The number of thiazole rings is 1. The molecule has 29 heavy (non-hydrogen) atoms. The monoisotopic (exact) mass is 472 g/mol. The standard InChI is InChI=1S/C22H25BrN4OS/c1-15-6-7-19-20(16(15)2)25-22(29-19)27-12-10-26(11-13-27)9-8-24-21(28)17-4-3-5-18(23)14-17/h3-7,14H,8-13H2,1-2H3,(H,24,28). The fourth-order valence-electron chi connectivity index (χ4n) is 3.57. The van der Waals surface area contributed by atoms with Crippen molar-refractivity contribution >= 4 is 48.5 Å². The van der Waals surface area contributed by atoms with Crippen LogP contribution in [0.15, 0.2) is 40.9 Å². The lowest BCUT2D eigenvalue weighted by Crippen LogP contribution is -2.48. The molecule has 1 amide bonds. The number of fused-ring (bicyclic) bond motifs is 1. The van der Waals surface area contributed by atoms with Crippen LogP contribution in [0.3, 0.4) is 0 Å². The molecule has 4 rings (SSSR count). The molecule has 152 valence electrons. The highest BCUT2D eigenvalue weighted by Gasteiger charge is 2.20. The van der Waals surface area contributed by atoms with Gasteiger partial charge in [-0.1, -0.05) is 39.4 Å². The SMILES string of the molecule is Cc1ccc2sc(N3CCN(CCNC(=O)c4cccc(Br)c4)CC3)nc2c1C. The van der Waals surface area contributed by atoms with Gasteiger partial charge in [-0.05, 0) is 49.2 Å². The number of halogens is 1. The fraction of sp³-hybridized carbons (Fsp3) is 0.364. The first kappa shape index (κ1) is 20.3. The highest BCUT2D eigenvalue weighted by Crippen LogP contribution is 2.32. The van der Waals surface area contributed by atoms with Gasteiger partial charge in [-0.25, -0.2) is 4.98 Å². The predicted octanol–water partition coefficient (Wildman–Crippen LogP) is 4.23. The molecule has 5 nitrogen and oxygen atoms in total. The van der Waals surface area contributed by atoms with E-state index in [1.54, 1.807) is 11.3 Å². The van der Waals surface area contributed by atoms with Gasteiger partial charge in [-0.2, -0.15) is 0 Å². The van der Waals surface area contributed by atoms with Gasteiger partial charge in [-0.3, -0.25) is 9.69 Å². The molecule has 1 N–H and O–H groups in total. The van der Waals surface area contributed by atoms with Gasteiger partial charge in [0, 0.05) is 49.3 Å². The van der Waals surface area contributed by atoms with E-state index in [-0.39, 0.29) is 5.91 Å². The first-order chi connectivity index (χ1) is 14.0. The average Bonchev–Trinajstić information content (AvgIpc) is 3.16. The number of amides is 1. The summed E-state index contributed by atoms with van der Waals surface area (Å²) in [6.45, 7) is 9.73. The average molecular weight is 473 g/mol. The molecule has 1 fully saturated rings. The van der Waals surface area contributed by atoms with Crippen LogP contribution < -0.4 is 10.2 Å². The number of nitrogens with zero attached hydrogens (tertiary/aromatic N) is 3. The summed E-state index contributed by atoms with van der Waals surface area (Å²) < 4.78 is 2.18. The number of carbonyl (C=O) groups excluding carboxylic acids is 1. The van der Waals surface area contributed by atoms with Gasteiger partial charge < -0.3 is 10.2 Å². The Kier molecular flexibility index (Phi) is 6.18. The Hall–Kier alpha value is -1.96. The summed E-state index contributed by atoms with van der Waals surface area (Å²) >= 11 is 5.19. The van der Waals surface area contributed by atoms with E-state index in [0.29, 0.717) is 12.1 Å². The zero-order valence-electron chi connectivity index (χ0n) is 16.7. The molecule has 3 aromatic rings. The lowest BCUT2D eigenvalue weighted by atomic mass is 10.1. The summed E-state index contributed by atoms with van der Waals surface area (Å²) in [5, 5.41) is 4.14. The summed E-state index contributed by atoms with van der Waals surface area (Å²) in [5.74, 6) is -0.0231. The van der Waals surface area contributed by atoms with E-state index in [1.165, 1.54) is 15.8 Å². The molecule has 0 bridgehead atoms. The van der Waals surface area contributed by atoms with Crippen molar-refractivity contribution in [2.75, 3.05) is 44.2 Å². The zero-order chi connectivity index (χ0) is 20.4. The molecule has 0 spiro atoms. The molecule has 0 unspecified atom stereocenters. The zero-order valence-corrected chi connectivity index (χ0v) is 19.1. The summed E-state index contributed by atoms with van der Waals surface area (Å²) in [7, 11) is 0. The molecular weight excluding hydrogens is 448 g/mol. The van der Waals surface area contributed by atoms with Crippen LogP contribution in [0.4, 0.5) is 5.13 Å². The Morgan fingerprint density at radius 2 is 1.97 bits per heavy atom. The Morgan fingerprint density at radius 3 is 2.72 bits per heavy atom. The summed E-state index contributed by atoms with van der Waals surface area (Å²) in [6.07, 6.45) is 0. The van der Waals surface area contributed by atoms with E-state index in [2.05, 4.69) is 57.0 Å². The van der Waals surface area contributed by atoms with E-state index in [4.69, 9.17) is 4.98 Å². The smallest absolute Gasteiger partial charge is 0.251 e. The molecule has 0 radical (unpaired) electrons. The first-order valence-electron chi connectivity index (χ1n) is 9.89. The van der Waals surface area contributed by atoms with Crippen LogP contribution in [-0.4, -0.2) is 55.1 Å². The van der Waals surface area contributed by atoms with Gasteiger partial charge in [0.05, 0.1) is 10.2 Å². The molecule has 2 aromatic carbocycles. The molecule has 1 aliphatic heterocycles.